The highest BCUT2D eigenvalue weighted by molar-refractivity contribution is 8.00. The molecule has 0 aromatic heterocycles. The van der Waals surface area contributed by atoms with E-state index in [1.165, 1.54) is 0 Å². The number of aliphatic carboxylic acids is 1. The third-order valence-electron chi connectivity index (χ3n) is 3.72. The predicted molar refractivity (Wildman–Crippen MR) is 73.9 cm³/mol. The smallest absolute Gasteiger partial charge is 0.319 e. The van der Waals surface area contributed by atoms with Crippen molar-refractivity contribution >= 4 is 23.8 Å². The summed E-state index contributed by atoms with van der Waals surface area (Å²) in [5.74, 6) is 0.176. The summed E-state index contributed by atoms with van der Waals surface area (Å²) in [5, 5.41) is 12.0. The highest BCUT2D eigenvalue weighted by Crippen LogP contribution is 2.37. The number of nitrogens with zero attached hydrogens (tertiary/aromatic N) is 1. The van der Waals surface area contributed by atoms with Gasteiger partial charge < -0.3 is 21.1 Å². The summed E-state index contributed by atoms with van der Waals surface area (Å²) in [7, 11) is 0. The van der Waals surface area contributed by atoms with Crippen LogP contribution in [0, 0.1) is 0 Å². The maximum Gasteiger partial charge on any atom is 0.319 e. The molecule has 0 aromatic carbocycles. The van der Waals surface area contributed by atoms with E-state index in [2.05, 4.69) is 5.32 Å². The molecule has 0 saturated carbocycles. The minimum atomic E-state index is -0.744. The monoisotopic (exact) mass is 287 g/mol. The first-order valence-electron chi connectivity index (χ1n) is 6.68. The molecule has 4 N–H and O–H groups in total. The molecule has 0 aromatic rings. The van der Waals surface area contributed by atoms with Crippen LogP contribution in [0.2, 0.25) is 0 Å². The van der Waals surface area contributed by atoms with Gasteiger partial charge in [0.2, 0.25) is 0 Å². The second kappa shape index (κ2) is 6.00. The van der Waals surface area contributed by atoms with Gasteiger partial charge in [0.15, 0.2) is 0 Å². The molecule has 0 spiro atoms. The van der Waals surface area contributed by atoms with Gasteiger partial charge in [-0.1, -0.05) is 6.42 Å². The summed E-state index contributed by atoms with van der Waals surface area (Å²) in [4.78, 5) is 24.1. The number of nitrogens with two attached hydrogens (primary N) is 1. The zero-order valence-corrected chi connectivity index (χ0v) is 11.9. The van der Waals surface area contributed by atoms with Crippen LogP contribution in [0.4, 0.5) is 4.79 Å². The first-order valence-corrected chi connectivity index (χ1v) is 7.73. The maximum atomic E-state index is 11.8. The van der Waals surface area contributed by atoms with E-state index < -0.39 is 5.97 Å². The minimum absolute atomic E-state index is 0.0687. The Morgan fingerprint density at radius 3 is 3.00 bits per heavy atom. The predicted octanol–water partition coefficient (Wildman–Crippen LogP) is 0.814. The number of hydrogen-bond donors (Lipinski definition) is 3. The average Bonchev–Trinajstić information content (AvgIpc) is 2.82. The standard InChI is InChI=1S/C12H21N3O3S/c1-7(13)15-11-8(14-12(15)18)6-19-9(11)4-2-3-5-10(16)17/h7-9,11H,2-6,13H2,1H3,(H,14,18)(H,16,17)/t7?,8-,9-,11-/m1/s1. The van der Waals surface area contributed by atoms with E-state index in [0.717, 1.165) is 18.6 Å². The third kappa shape index (κ3) is 3.14. The van der Waals surface area contributed by atoms with Crippen molar-refractivity contribution in [1.82, 2.24) is 10.2 Å². The summed E-state index contributed by atoms with van der Waals surface area (Å²) in [6, 6.07) is 0.274. The van der Waals surface area contributed by atoms with Crippen molar-refractivity contribution in [3.8, 4) is 0 Å². The van der Waals surface area contributed by atoms with Crippen LogP contribution in [0.3, 0.4) is 0 Å². The van der Waals surface area contributed by atoms with Gasteiger partial charge in [0.05, 0.1) is 18.2 Å². The number of fused-ring (bicyclic) bond motifs is 1. The Labute approximate surface area is 117 Å². The molecular weight excluding hydrogens is 266 g/mol. The molecule has 2 saturated heterocycles. The van der Waals surface area contributed by atoms with Crippen LogP contribution in [0.15, 0.2) is 0 Å². The van der Waals surface area contributed by atoms with Crippen LogP contribution in [0.5, 0.6) is 0 Å². The van der Waals surface area contributed by atoms with Gasteiger partial charge in [0.25, 0.3) is 0 Å². The normalized spacial score (nSPS) is 31.2. The largest absolute Gasteiger partial charge is 0.481 e. The number of urea groups is 1. The fourth-order valence-electron chi connectivity index (χ4n) is 2.88. The number of rotatable bonds is 6. The van der Waals surface area contributed by atoms with E-state index in [1.807, 2.05) is 18.7 Å². The van der Waals surface area contributed by atoms with Gasteiger partial charge in [0, 0.05) is 17.4 Å². The zero-order chi connectivity index (χ0) is 14.0. The number of carboxylic acids is 1. The highest BCUT2D eigenvalue weighted by atomic mass is 32.2. The molecule has 0 radical (unpaired) electrons. The van der Waals surface area contributed by atoms with Crippen molar-refractivity contribution in [2.24, 2.45) is 5.73 Å². The lowest BCUT2D eigenvalue weighted by Crippen LogP contribution is -2.49. The van der Waals surface area contributed by atoms with Crippen molar-refractivity contribution in [1.29, 1.82) is 0 Å². The Kier molecular flexibility index (Phi) is 4.57. The Morgan fingerprint density at radius 2 is 2.37 bits per heavy atom. The molecule has 2 aliphatic heterocycles. The SMILES string of the molecule is CC(N)N1C(=O)N[C@@H]2CS[C@H](CCCCC(=O)O)[C@@H]21. The van der Waals surface area contributed by atoms with E-state index in [-0.39, 0.29) is 30.7 Å². The molecule has 108 valence electrons. The molecular formula is C12H21N3O3S. The summed E-state index contributed by atoms with van der Waals surface area (Å²) >= 11 is 1.86. The Balaban J connectivity index is 1.88. The lowest BCUT2D eigenvalue weighted by molar-refractivity contribution is -0.137. The lowest BCUT2D eigenvalue weighted by atomic mass is 10.0. The van der Waals surface area contributed by atoms with Crippen molar-refractivity contribution in [3.63, 3.8) is 0 Å². The fraction of sp³-hybridized carbons (Fsp3) is 0.833. The molecule has 2 rings (SSSR count). The van der Waals surface area contributed by atoms with Gasteiger partial charge in [-0.3, -0.25) is 4.79 Å². The quantitative estimate of drug-likeness (QED) is 0.496. The van der Waals surface area contributed by atoms with Gasteiger partial charge in [-0.2, -0.15) is 11.8 Å². The van der Waals surface area contributed by atoms with Crippen molar-refractivity contribution < 1.29 is 14.7 Å². The van der Waals surface area contributed by atoms with E-state index >= 15 is 0 Å². The number of amides is 2. The number of hydrogen-bond acceptors (Lipinski definition) is 4. The average molecular weight is 287 g/mol. The first-order chi connectivity index (χ1) is 9.00. The molecule has 6 nitrogen and oxygen atoms in total. The zero-order valence-electron chi connectivity index (χ0n) is 11.0. The van der Waals surface area contributed by atoms with Crippen LogP contribution < -0.4 is 11.1 Å². The van der Waals surface area contributed by atoms with Gasteiger partial charge in [-0.15, -0.1) is 0 Å². The minimum Gasteiger partial charge on any atom is -0.481 e. The van der Waals surface area contributed by atoms with Crippen LogP contribution in [0.25, 0.3) is 0 Å². The Morgan fingerprint density at radius 1 is 1.63 bits per heavy atom. The van der Waals surface area contributed by atoms with Gasteiger partial charge in [0.1, 0.15) is 0 Å². The second-order valence-corrected chi connectivity index (χ2v) is 6.48. The Hall–Kier alpha value is -0.950. The van der Waals surface area contributed by atoms with Gasteiger partial charge >= 0.3 is 12.0 Å². The van der Waals surface area contributed by atoms with E-state index in [0.29, 0.717) is 11.7 Å². The first kappa shape index (κ1) is 14.5. The lowest BCUT2D eigenvalue weighted by Gasteiger charge is -2.30. The Bertz CT molecular complexity index is 364. The van der Waals surface area contributed by atoms with Crippen LogP contribution in [-0.4, -0.2) is 51.3 Å². The van der Waals surface area contributed by atoms with Gasteiger partial charge in [-0.05, 0) is 19.8 Å². The third-order valence-corrected chi connectivity index (χ3v) is 5.21. The van der Waals surface area contributed by atoms with E-state index in [4.69, 9.17) is 10.8 Å². The van der Waals surface area contributed by atoms with E-state index in [9.17, 15) is 9.59 Å². The number of carbonyl (C=O) groups excluding carboxylic acids is 1. The molecule has 2 fully saturated rings. The molecule has 0 bridgehead atoms. The molecule has 19 heavy (non-hydrogen) atoms. The molecule has 2 heterocycles. The number of unbranched alkanes of at least 4 members (excludes halogenated alkanes) is 1. The highest BCUT2D eigenvalue weighted by Gasteiger charge is 2.49. The second-order valence-electron chi connectivity index (χ2n) is 5.21. The summed E-state index contributed by atoms with van der Waals surface area (Å²) in [5.41, 5.74) is 5.88. The van der Waals surface area contributed by atoms with E-state index in [1.54, 1.807) is 4.90 Å². The van der Waals surface area contributed by atoms with Gasteiger partial charge in [-0.25, -0.2) is 4.79 Å². The van der Waals surface area contributed by atoms with Crippen molar-refractivity contribution in [3.05, 3.63) is 0 Å². The number of carbonyl (C=O) groups is 2. The summed E-state index contributed by atoms with van der Waals surface area (Å²) in [6.07, 6.45) is 2.46. The molecule has 2 amide bonds. The molecule has 0 aliphatic carbocycles. The fourth-order valence-corrected chi connectivity index (χ4v) is 4.47. The maximum absolute atomic E-state index is 11.8. The number of nitrogens with one attached hydrogen (secondary N) is 1. The number of carboxylic acid groups (broad SMARTS) is 1. The van der Waals surface area contributed by atoms with Crippen LogP contribution in [0.1, 0.15) is 32.6 Å². The molecule has 1 unspecified atom stereocenters. The number of thioether (sulfide) groups is 1. The molecule has 7 heteroatoms. The molecule has 4 atom stereocenters. The van der Waals surface area contributed by atoms with Crippen LogP contribution in [-0.2, 0) is 4.79 Å². The van der Waals surface area contributed by atoms with Crippen LogP contribution >= 0.6 is 11.8 Å². The van der Waals surface area contributed by atoms with Crippen molar-refractivity contribution in [2.75, 3.05) is 5.75 Å². The topological polar surface area (TPSA) is 95.7 Å². The molecule has 2 aliphatic rings. The summed E-state index contributed by atoms with van der Waals surface area (Å²) in [6.45, 7) is 1.83. The summed E-state index contributed by atoms with van der Waals surface area (Å²) < 4.78 is 0. The van der Waals surface area contributed by atoms with Crippen molar-refractivity contribution in [2.45, 2.75) is 56.1 Å².